The zero-order chi connectivity index (χ0) is 17.3. The summed E-state index contributed by atoms with van der Waals surface area (Å²) in [6.45, 7) is -0.00238. The highest BCUT2D eigenvalue weighted by Gasteiger charge is 2.30. The van der Waals surface area contributed by atoms with Gasteiger partial charge in [-0.15, -0.1) is 0 Å². The van der Waals surface area contributed by atoms with Crippen molar-refractivity contribution in [2.75, 3.05) is 6.61 Å². The fraction of sp³-hybridized carbons (Fsp3) is 0.375. The molecule has 1 aliphatic rings. The summed E-state index contributed by atoms with van der Waals surface area (Å²) in [4.78, 5) is 12.3. The molecule has 0 saturated heterocycles. The second-order valence-electron chi connectivity index (χ2n) is 5.76. The zero-order valence-corrected chi connectivity index (χ0v) is 13.3. The van der Waals surface area contributed by atoms with Crippen molar-refractivity contribution in [2.24, 2.45) is 5.92 Å². The van der Waals surface area contributed by atoms with Crippen molar-refractivity contribution in [3.8, 4) is 11.3 Å². The minimum Gasteiger partial charge on any atom is -0.396 e. The average molecular weight is 357 g/mol. The fourth-order valence-electron chi connectivity index (χ4n) is 2.92. The maximum absolute atomic E-state index is 13.3. The highest BCUT2D eigenvalue weighted by molar-refractivity contribution is 6.35. The van der Waals surface area contributed by atoms with E-state index in [-0.39, 0.29) is 40.6 Å². The smallest absolute Gasteiger partial charge is 0.275 e. The van der Waals surface area contributed by atoms with Gasteiger partial charge in [0.15, 0.2) is 23.1 Å². The third-order valence-electron chi connectivity index (χ3n) is 4.24. The minimum absolute atomic E-state index is 0.00238. The summed E-state index contributed by atoms with van der Waals surface area (Å²) in [6, 6.07) is 2.99. The molecule has 1 fully saturated rings. The number of aliphatic hydroxyl groups excluding tert-OH is 1. The molecule has 1 heterocycles. The molecule has 1 aliphatic carbocycles. The Labute approximate surface area is 141 Å². The Bertz CT molecular complexity index is 766. The number of halogens is 3. The molecule has 1 amide bonds. The molecule has 3 rings (SSSR count). The molecule has 8 heteroatoms. The summed E-state index contributed by atoms with van der Waals surface area (Å²) >= 11 is 6.12. The molecule has 0 aliphatic heterocycles. The summed E-state index contributed by atoms with van der Waals surface area (Å²) in [7, 11) is 0. The van der Waals surface area contributed by atoms with Gasteiger partial charge in [-0.25, -0.2) is 8.78 Å². The molecule has 0 spiro atoms. The van der Waals surface area contributed by atoms with E-state index in [1.165, 1.54) is 6.07 Å². The maximum atomic E-state index is 13.3. The normalized spacial score (nSPS) is 20.3. The molecule has 24 heavy (non-hydrogen) atoms. The van der Waals surface area contributed by atoms with Gasteiger partial charge < -0.3 is 14.9 Å². The van der Waals surface area contributed by atoms with Gasteiger partial charge in [0.1, 0.15) is 5.02 Å². The van der Waals surface area contributed by atoms with Crippen molar-refractivity contribution in [3.63, 3.8) is 0 Å². The Hall–Kier alpha value is -1.99. The van der Waals surface area contributed by atoms with Crippen LogP contribution in [0.4, 0.5) is 8.78 Å². The van der Waals surface area contributed by atoms with Crippen LogP contribution in [0, 0.1) is 17.6 Å². The van der Waals surface area contributed by atoms with Gasteiger partial charge in [0.2, 0.25) is 0 Å². The molecule has 0 radical (unpaired) electrons. The number of hydrogen-bond donors (Lipinski definition) is 2. The highest BCUT2D eigenvalue weighted by Crippen LogP contribution is 2.32. The Morgan fingerprint density at radius 3 is 2.88 bits per heavy atom. The molecule has 128 valence electrons. The number of aliphatic hydroxyl groups is 1. The summed E-state index contributed by atoms with van der Waals surface area (Å²) in [5.41, 5.74) is 0.0551. The molecular formula is C16H15ClF2N2O3. The molecule has 1 aromatic heterocycles. The second-order valence-corrected chi connectivity index (χ2v) is 6.13. The van der Waals surface area contributed by atoms with Crippen molar-refractivity contribution in [3.05, 3.63) is 40.6 Å². The van der Waals surface area contributed by atoms with E-state index in [9.17, 15) is 18.7 Å². The fourth-order valence-corrected chi connectivity index (χ4v) is 3.18. The lowest BCUT2D eigenvalue weighted by atomic mass is 10.0. The standard InChI is InChI=1S/C16H15ClF2N2O3/c17-13-14(16(23)20-12-3-1-2-9(12)7-22)21-24-15(13)8-4-5-10(18)11(19)6-8/h4-6,9,12,22H,1-3,7H2,(H,20,23). The highest BCUT2D eigenvalue weighted by atomic mass is 35.5. The first-order chi connectivity index (χ1) is 11.5. The topological polar surface area (TPSA) is 75.4 Å². The van der Waals surface area contributed by atoms with E-state index in [2.05, 4.69) is 10.5 Å². The van der Waals surface area contributed by atoms with Gasteiger partial charge in [-0.3, -0.25) is 4.79 Å². The quantitative estimate of drug-likeness (QED) is 0.882. The van der Waals surface area contributed by atoms with Crippen molar-refractivity contribution < 1.29 is 23.2 Å². The first-order valence-corrected chi connectivity index (χ1v) is 7.91. The van der Waals surface area contributed by atoms with Crippen LogP contribution in [0.1, 0.15) is 29.8 Å². The lowest BCUT2D eigenvalue weighted by Gasteiger charge is -2.18. The molecular weight excluding hydrogens is 342 g/mol. The monoisotopic (exact) mass is 356 g/mol. The van der Waals surface area contributed by atoms with Crippen LogP contribution in [0.15, 0.2) is 22.7 Å². The van der Waals surface area contributed by atoms with Crippen LogP contribution in [-0.2, 0) is 0 Å². The summed E-state index contributed by atoms with van der Waals surface area (Å²) in [5, 5.41) is 15.6. The lowest BCUT2D eigenvalue weighted by Crippen LogP contribution is -2.38. The van der Waals surface area contributed by atoms with Crippen LogP contribution in [0.3, 0.4) is 0 Å². The van der Waals surface area contributed by atoms with Gasteiger partial charge in [-0.05, 0) is 31.0 Å². The molecule has 1 saturated carbocycles. The van der Waals surface area contributed by atoms with E-state index < -0.39 is 17.5 Å². The zero-order valence-electron chi connectivity index (χ0n) is 12.6. The van der Waals surface area contributed by atoms with Crippen LogP contribution in [-0.4, -0.2) is 28.8 Å². The minimum atomic E-state index is -1.05. The number of hydrogen-bond acceptors (Lipinski definition) is 4. The van der Waals surface area contributed by atoms with E-state index >= 15 is 0 Å². The van der Waals surface area contributed by atoms with Crippen LogP contribution in [0.5, 0.6) is 0 Å². The number of carbonyl (C=O) groups excluding carboxylic acids is 1. The molecule has 1 aromatic carbocycles. The SMILES string of the molecule is O=C(NC1CCCC1CO)c1noc(-c2ccc(F)c(F)c2)c1Cl. The molecule has 0 bridgehead atoms. The lowest BCUT2D eigenvalue weighted by molar-refractivity contribution is 0.0907. The molecule has 2 N–H and O–H groups in total. The van der Waals surface area contributed by atoms with Crippen molar-refractivity contribution in [1.29, 1.82) is 0 Å². The number of carbonyl (C=O) groups is 1. The van der Waals surface area contributed by atoms with E-state index in [1.807, 2.05) is 0 Å². The largest absolute Gasteiger partial charge is 0.396 e. The molecule has 2 aromatic rings. The Kier molecular flexibility index (Phi) is 4.82. The Morgan fingerprint density at radius 1 is 1.38 bits per heavy atom. The van der Waals surface area contributed by atoms with E-state index in [0.717, 1.165) is 31.4 Å². The first kappa shape index (κ1) is 16.9. The third-order valence-corrected chi connectivity index (χ3v) is 4.59. The first-order valence-electron chi connectivity index (χ1n) is 7.53. The predicted octanol–water partition coefficient (Wildman–Crippen LogP) is 3.16. The third kappa shape index (κ3) is 3.14. The number of rotatable bonds is 4. The Morgan fingerprint density at radius 2 is 2.17 bits per heavy atom. The van der Waals surface area contributed by atoms with Gasteiger partial charge in [0, 0.05) is 24.1 Å². The predicted molar refractivity (Wildman–Crippen MR) is 82.5 cm³/mol. The summed E-state index contributed by atoms with van der Waals surface area (Å²) in [6.07, 6.45) is 2.53. The van der Waals surface area contributed by atoms with E-state index in [0.29, 0.717) is 0 Å². The number of nitrogens with one attached hydrogen (secondary N) is 1. The number of amides is 1. The van der Waals surface area contributed by atoms with Gasteiger partial charge in [-0.2, -0.15) is 0 Å². The number of benzene rings is 1. The van der Waals surface area contributed by atoms with Gasteiger partial charge in [0.05, 0.1) is 0 Å². The van der Waals surface area contributed by atoms with Crippen LogP contribution in [0.2, 0.25) is 5.02 Å². The van der Waals surface area contributed by atoms with Crippen LogP contribution >= 0.6 is 11.6 Å². The number of nitrogens with zero attached hydrogens (tertiary/aromatic N) is 1. The van der Waals surface area contributed by atoms with Crippen LogP contribution in [0.25, 0.3) is 11.3 Å². The van der Waals surface area contributed by atoms with Gasteiger partial charge >= 0.3 is 0 Å². The summed E-state index contributed by atoms with van der Waals surface area (Å²) in [5.74, 6) is -2.58. The van der Waals surface area contributed by atoms with E-state index in [4.69, 9.17) is 16.1 Å². The second kappa shape index (κ2) is 6.86. The Balaban J connectivity index is 1.81. The number of aromatic nitrogens is 1. The summed E-state index contributed by atoms with van der Waals surface area (Å²) < 4.78 is 31.4. The molecule has 2 unspecified atom stereocenters. The maximum Gasteiger partial charge on any atom is 0.275 e. The molecule has 2 atom stereocenters. The molecule has 5 nitrogen and oxygen atoms in total. The van der Waals surface area contributed by atoms with Crippen molar-refractivity contribution in [1.82, 2.24) is 10.5 Å². The van der Waals surface area contributed by atoms with Crippen molar-refractivity contribution >= 4 is 17.5 Å². The van der Waals surface area contributed by atoms with Gasteiger partial charge in [-0.1, -0.05) is 23.2 Å². The van der Waals surface area contributed by atoms with E-state index in [1.54, 1.807) is 0 Å². The average Bonchev–Trinajstić information content (AvgIpc) is 3.16. The van der Waals surface area contributed by atoms with Crippen LogP contribution < -0.4 is 5.32 Å². The van der Waals surface area contributed by atoms with Crippen molar-refractivity contribution in [2.45, 2.75) is 25.3 Å². The van der Waals surface area contributed by atoms with Gasteiger partial charge in [0.25, 0.3) is 5.91 Å².